The summed E-state index contributed by atoms with van der Waals surface area (Å²) in [6, 6.07) is 4.14. The van der Waals surface area contributed by atoms with Crippen molar-refractivity contribution in [1.82, 2.24) is 19.9 Å². The van der Waals surface area contributed by atoms with Crippen molar-refractivity contribution >= 4 is 11.6 Å². The molecule has 1 fully saturated rings. The molecule has 1 aliphatic heterocycles. The fourth-order valence-electron chi connectivity index (χ4n) is 2.88. The molecule has 0 atom stereocenters. The predicted molar refractivity (Wildman–Crippen MR) is 81.2 cm³/mol. The van der Waals surface area contributed by atoms with Crippen LogP contribution in [0.25, 0.3) is 5.65 Å². The van der Waals surface area contributed by atoms with Gasteiger partial charge in [0.15, 0.2) is 5.65 Å². The van der Waals surface area contributed by atoms with E-state index in [1.54, 1.807) is 0 Å². The molecule has 2 aromatic rings. The zero-order chi connectivity index (χ0) is 13.9. The molecule has 0 saturated carbocycles. The van der Waals surface area contributed by atoms with E-state index in [0.717, 1.165) is 37.1 Å². The number of nitrogens with one attached hydrogen (secondary N) is 1. The van der Waals surface area contributed by atoms with Crippen molar-refractivity contribution in [2.75, 3.05) is 31.6 Å². The van der Waals surface area contributed by atoms with Gasteiger partial charge in [0.05, 0.1) is 0 Å². The molecule has 0 aromatic carbocycles. The summed E-state index contributed by atoms with van der Waals surface area (Å²) in [5.41, 5.74) is 2.17. The second-order valence-electron chi connectivity index (χ2n) is 5.74. The van der Waals surface area contributed by atoms with Crippen LogP contribution in [0.1, 0.15) is 24.8 Å². The standard InChI is InChI=1S/C15H23N5/c1-12-4-10-20-14(11-12)17-15(18-20)19-8-5-13(6-9-19)3-7-16-2/h4,10-11,13,16H,3,5-9H2,1-2H3. The second kappa shape index (κ2) is 5.79. The normalized spacial score (nSPS) is 17.0. The maximum Gasteiger partial charge on any atom is 0.245 e. The Labute approximate surface area is 120 Å². The van der Waals surface area contributed by atoms with E-state index in [1.807, 2.05) is 17.8 Å². The summed E-state index contributed by atoms with van der Waals surface area (Å²) in [5, 5.41) is 7.82. The highest BCUT2D eigenvalue weighted by Crippen LogP contribution is 2.23. The van der Waals surface area contributed by atoms with Crippen molar-refractivity contribution in [2.45, 2.75) is 26.2 Å². The number of piperidine rings is 1. The van der Waals surface area contributed by atoms with Crippen LogP contribution in [0.3, 0.4) is 0 Å². The molecule has 108 valence electrons. The molecule has 2 aromatic heterocycles. The van der Waals surface area contributed by atoms with Crippen LogP contribution in [0, 0.1) is 12.8 Å². The summed E-state index contributed by atoms with van der Waals surface area (Å²) >= 11 is 0. The quantitative estimate of drug-likeness (QED) is 0.923. The van der Waals surface area contributed by atoms with Crippen LogP contribution in [0.2, 0.25) is 0 Å². The first-order chi connectivity index (χ1) is 9.76. The summed E-state index contributed by atoms with van der Waals surface area (Å²) in [6.07, 6.45) is 5.76. The maximum absolute atomic E-state index is 4.65. The summed E-state index contributed by atoms with van der Waals surface area (Å²) in [6.45, 7) is 5.35. The molecule has 1 aliphatic rings. The van der Waals surface area contributed by atoms with Crippen molar-refractivity contribution in [3.05, 3.63) is 23.9 Å². The van der Waals surface area contributed by atoms with Crippen LogP contribution in [0.5, 0.6) is 0 Å². The molecule has 0 bridgehead atoms. The van der Waals surface area contributed by atoms with Gasteiger partial charge in [0, 0.05) is 19.3 Å². The van der Waals surface area contributed by atoms with Crippen LogP contribution in [-0.2, 0) is 0 Å². The minimum Gasteiger partial charge on any atom is -0.339 e. The minimum atomic E-state index is 0.845. The zero-order valence-corrected chi connectivity index (χ0v) is 12.3. The number of nitrogens with zero attached hydrogens (tertiary/aromatic N) is 4. The highest BCUT2D eigenvalue weighted by atomic mass is 15.4. The van der Waals surface area contributed by atoms with E-state index in [1.165, 1.54) is 24.8 Å². The Morgan fingerprint density at radius 2 is 2.15 bits per heavy atom. The maximum atomic E-state index is 4.65. The molecule has 0 aliphatic carbocycles. The monoisotopic (exact) mass is 273 g/mol. The first-order valence-electron chi connectivity index (χ1n) is 7.49. The highest BCUT2D eigenvalue weighted by molar-refractivity contribution is 5.46. The Morgan fingerprint density at radius 1 is 1.35 bits per heavy atom. The van der Waals surface area contributed by atoms with Crippen molar-refractivity contribution in [3.8, 4) is 0 Å². The van der Waals surface area contributed by atoms with Crippen molar-refractivity contribution in [2.24, 2.45) is 5.92 Å². The van der Waals surface area contributed by atoms with Crippen molar-refractivity contribution in [1.29, 1.82) is 0 Å². The molecule has 20 heavy (non-hydrogen) atoms. The molecule has 1 N–H and O–H groups in total. The molecule has 3 rings (SSSR count). The molecule has 5 nitrogen and oxygen atoms in total. The van der Waals surface area contributed by atoms with E-state index in [4.69, 9.17) is 0 Å². The van der Waals surface area contributed by atoms with Gasteiger partial charge in [0.2, 0.25) is 5.95 Å². The number of aryl methyl sites for hydroxylation is 1. The van der Waals surface area contributed by atoms with E-state index in [2.05, 4.69) is 39.4 Å². The molecule has 0 radical (unpaired) electrons. The lowest BCUT2D eigenvalue weighted by atomic mass is 9.94. The number of anilines is 1. The molecular weight excluding hydrogens is 250 g/mol. The average Bonchev–Trinajstić information content (AvgIpc) is 2.88. The Morgan fingerprint density at radius 3 is 2.90 bits per heavy atom. The van der Waals surface area contributed by atoms with Crippen molar-refractivity contribution < 1.29 is 0 Å². The molecule has 0 unspecified atom stereocenters. The van der Waals surface area contributed by atoms with Gasteiger partial charge < -0.3 is 10.2 Å². The van der Waals surface area contributed by atoms with E-state index >= 15 is 0 Å². The minimum absolute atomic E-state index is 0.845. The first kappa shape index (κ1) is 13.4. The second-order valence-corrected chi connectivity index (χ2v) is 5.74. The largest absolute Gasteiger partial charge is 0.339 e. The van der Waals surface area contributed by atoms with Crippen LogP contribution in [-0.4, -0.2) is 41.3 Å². The Kier molecular flexibility index (Phi) is 3.87. The third kappa shape index (κ3) is 2.77. The molecule has 0 amide bonds. The Hall–Kier alpha value is -1.62. The van der Waals surface area contributed by atoms with Crippen LogP contribution >= 0.6 is 0 Å². The van der Waals surface area contributed by atoms with Gasteiger partial charge in [-0.2, -0.15) is 4.98 Å². The van der Waals surface area contributed by atoms with Gasteiger partial charge in [-0.3, -0.25) is 0 Å². The predicted octanol–water partition coefficient (Wildman–Crippen LogP) is 1.86. The molecule has 0 spiro atoms. The zero-order valence-electron chi connectivity index (χ0n) is 12.3. The smallest absolute Gasteiger partial charge is 0.245 e. The fourth-order valence-corrected chi connectivity index (χ4v) is 2.88. The number of hydrogen-bond donors (Lipinski definition) is 1. The first-order valence-corrected chi connectivity index (χ1v) is 7.49. The lowest BCUT2D eigenvalue weighted by Crippen LogP contribution is -2.35. The van der Waals surface area contributed by atoms with Gasteiger partial charge in [-0.1, -0.05) is 0 Å². The summed E-state index contributed by atoms with van der Waals surface area (Å²) in [7, 11) is 2.03. The number of fused-ring (bicyclic) bond motifs is 1. The van der Waals surface area contributed by atoms with Gasteiger partial charge in [-0.15, -0.1) is 5.10 Å². The van der Waals surface area contributed by atoms with Crippen molar-refractivity contribution in [3.63, 3.8) is 0 Å². The highest BCUT2D eigenvalue weighted by Gasteiger charge is 2.21. The lowest BCUT2D eigenvalue weighted by molar-refractivity contribution is 0.376. The third-order valence-electron chi connectivity index (χ3n) is 4.18. The van der Waals surface area contributed by atoms with Gasteiger partial charge in [0.25, 0.3) is 0 Å². The Bertz CT molecular complexity index is 569. The van der Waals surface area contributed by atoms with Gasteiger partial charge >= 0.3 is 0 Å². The molecule has 3 heterocycles. The summed E-state index contributed by atoms with van der Waals surface area (Å²) in [5.74, 6) is 1.72. The van der Waals surface area contributed by atoms with Crippen LogP contribution in [0.4, 0.5) is 5.95 Å². The number of hydrogen-bond acceptors (Lipinski definition) is 4. The topological polar surface area (TPSA) is 45.5 Å². The number of rotatable bonds is 4. The van der Waals surface area contributed by atoms with Gasteiger partial charge in [-0.05, 0) is 63.4 Å². The SMILES string of the molecule is CNCCC1CCN(c2nc3cc(C)ccn3n2)CC1. The van der Waals surface area contributed by atoms with Crippen LogP contribution in [0.15, 0.2) is 18.3 Å². The van der Waals surface area contributed by atoms with Gasteiger partial charge in [-0.25, -0.2) is 4.52 Å². The Balaban J connectivity index is 1.67. The average molecular weight is 273 g/mol. The number of aromatic nitrogens is 3. The van der Waals surface area contributed by atoms with Crippen LogP contribution < -0.4 is 10.2 Å². The molecular formula is C15H23N5. The number of pyridine rings is 1. The van der Waals surface area contributed by atoms with E-state index in [-0.39, 0.29) is 0 Å². The summed E-state index contributed by atoms with van der Waals surface area (Å²) in [4.78, 5) is 6.97. The molecule has 5 heteroatoms. The third-order valence-corrected chi connectivity index (χ3v) is 4.18. The van der Waals surface area contributed by atoms with E-state index < -0.39 is 0 Å². The molecule has 1 saturated heterocycles. The van der Waals surface area contributed by atoms with E-state index in [9.17, 15) is 0 Å². The van der Waals surface area contributed by atoms with Gasteiger partial charge in [0.1, 0.15) is 0 Å². The van der Waals surface area contributed by atoms with E-state index in [0.29, 0.717) is 0 Å². The fraction of sp³-hybridized carbons (Fsp3) is 0.600. The summed E-state index contributed by atoms with van der Waals surface area (Å²) < 4.78 is 1.87. The lowest BCUT2D eigenvalue weighted by Gasteiger charge is -2.31.